The van der Waals surface area contributed by atoms with E-state index in [0.717, 1.165) is 5.56 Å². The molecule has 4 heteroatoms. The number of halogens is 1. The van der Waals surface area contributed by atoms with Gasteiger partial charge in [0.05, 0.1) is 15.5 Å². The van der Waals surface area contributed by atoms with E-state index in [1.54, 1.807) is 24.3 Å². The molecular formula is C14H13BrO2S. The lowest BCUT2D eigenvalue weighted by molar-refractivity contribution is 0.595. The van der Waals surface area contributed by atoms with Crippen molar-refractivity contribution in [3.8, 4) is 0 Å². The first-order valence-electron chi connectivity index (χ1n) is 5.56. The molecule has 0 aliphatic rings. The molecule has 1 atom stereocenters. The smallest absolute Gasteiger partial charge is 0.179 e. The normalized spacial score (nSPS) is 13.2. The van der Waals surface area contributed by atoms with Gasteiger partial charge in [0.15, 0.2) is 9.84 Å². The monoisotopic (exact) mass is 324 g/mol. The van der Waals surface area contributed by atoms with Crippen LogP contribution in [0.25, 0.3) is 0 Å². The molecule has 94 valence electrons. The van der Waals surface area contributed by atoms with Crippen molar-refractivity contribution in [3.05, 3.63) is 66.2 Å². The number of rotatable bonds is 4. The van der Waals surface area contributed by atoms with Crippen molar-refractivity contribution >= 4 is 25.8 Å². The third kappa shape index (κ3) is 3.21. The van der Waals surface area contributed by atoms with E-state index in [9.17, 15) is 8.42 Å². The summed E-state index contributed by atoms with van der Waals surface area (Å²) in [6.45, 7) is 0. The third-order valence-electron chi connectivity index (χ3n) is 2.63. The summed E-state index contributed by atoms with van der Waals surface area (Å²) < 4.78 is 24.4. The molecule has 2 aromatic carbocycles. The average Bonchev–Trinajstić information content (AvgIpc) is 2.40. The summed E-state index contributed by atoms with van der Waals surface area (Å²) >= 11 is 3.44. The highest BCUT2D eigenvalue weighted by Crippen LogP contribution is 2.26. The molecular weight excluding hydrogens is 312 g/mol. The van der Waals surface area contributed by atoms with Gasteiger partial charge in [-0.2, -0.15) is 0 Å². The minimum absolute atomic E-state index is 0.0566. The van der Waals surface area contributed by atoms with Crippen LogP contribution in [0.15, 0.2) is 65.6 Å². The molecule has 0 heterocycles. The molecule has 0 aromatic heterocycles. The van der Waals surface area contributed by atoms with Gasteiger partial charge in [-0.3, -0.25) is 0 Å². The van der Waals surface area contributed by atoms with Crippen LogP contribution < -0.4 is 0 Å². The molecule has 18 heavy (non-hydrogen) atoms. The van der Waals surface area contributed by atoms with Crippen LogP contribution in [0.5, 0.6) is 0 Å². The Bertz CT molecular complexity index is 594. The average molecular weight is 325 g/mol. The van der Waals surface area contributed by atoms with Crippen LogP contribution in [0.3, 0.4) is 0 Å². The van der Waals surface area contributed by atoms with Crippen LogP contribution in [0.2, 0.25) is 0 Å². The van der Waals surface area contributed by atoms with E-state index in [0.29, 0.717) is 4.90 Å². The van der Waals surface area contributed by atoms with Gasteiger partial charge in [0.2, 0.25) is 0 Å². The van der Waals surface area contributed by atoms with Crippen LogP contribution in [0.1, 0.15) is 10.4 Å². The summed E-state index contributed by atoms with van der Waals surface area (Å²) in [5, 5.41) is 0. The summed E-state index contributed by atoms with van der Waals surface area (Å²) in [6, 6.07) is 18.1. The summed E-state index contributed by atoms with van der Waals surface area (Å²) in [6.07, 6.45) is 0. The minimum atomic E-state index is -3.25. The van der Waals surface area contributed by atoms with Gasteiger partial charge in [0, 0.05) is 0 Å². The lowest BCUT2D eigenvalue weighted by atomic mass is 10.2. The molecule has 2 rings (SSSR count). The predicted octanol–water partition coefficient (Wildman–Crippen LogP) is 3.60. The first kappa shape index (κ1) is 13.3. The quantitative estimate of drug-likeness (QED) is 0.805. The molecule has 0 aliphatic carbocycles. The zero-order valence-corrected chi connectivity index (χ0v) is 12.1. The van der Waals surface area contributed by atoms with E-state index in [1.807, 2.05) is 36.4 Å². The van der Waals surface area contributed by atoms with Gasteiger partial charge in [-0.25, -0.2) is 8.42 Å². The molecule has 0 saturated heterocycles. The van der Waals surface area contributed by atoms with E-state index < -0.39 is 9.84 Å². The summed E-state index contributed by atoms with van der Waals surface area (Å²) in [5.74, 6) is 0.0566. The van der Waals surface area contributed by atoms with Crippen molar-refractivity contribution in [1.82, 2.24) is 0 Å². The van der Waals surface area contributed by atoms with Crippen molar-refractivity contribution in [1.29, 1.82) is 0 Å². The van der Waals surface area contributed by atoms with Gasteiger partial charge >= 0.3 is 0 Å². The second kappa shape index (κ2) is 5.67. The standard InChI is InChI=1S/C14H13BrO2S/c15-14(12-7-3-1-4-8-12)11-18(16,17)13-9-5-2-6-10-13/h1-10,14H,11H2/t14-/m0/s1. The van der Waals surface area contributed by atoms with Crippen molar-refractivity contribution in [2.45, 2.75) is 9.72 Å². The topological polar surface area (TPSA) is 34.1 Å². The Balaban J connectivity index is 2.20. The second-order valence-electron chi connectivity index (χ2n) is 3.97. The second-order valence-corrected chi connectivity index (χ2v) is 7.11. The molecule has 0 amide bonds. The van der Waals surface area contributed by atoms with Gasteiger partial charge < -0.3 is 0 Å². The molecule has 0 N–H and O–H groups in total. The van der Waals surface area contributed by atoms with Crippen LogP contribution in [0.4, 0.5) is 0 Å². The van der Waals surface area contributed by atoms with Gasteiger partial charge in [-0.15, -0.1) is 0 Å². The molecule has 2 aromatic rings. The fourth-order valence-corrected chi connectivity index (χ4v) is 4.37. The van der Waals surface area contributed by atoms with Crippen LogP contribution in [0, 0.1) is 0 Å². The SMILES string of the molecule is O=S(=O)(C[C@H](Br)c1ccccc1)c1ccccc1. The highest BCUT2D eigenvalue weighted by atomic mass is 79.9. The maximum Gasteiger partial charge on any atom is 0.179 e. The molecule has 0 saturated carbocycles. The number of benzene rings is 2. The number of alkyl halides is 1. The lowest BCUT2D eigenvalue weighted by Crippen LogP contribution is -2.11. The highest BCUT2D eigenvalue weighted by Gasteiger charge is 2.20. The molecule has 0 unspecified atom stereocenters. The Hall–Kier alpha value is -1.13. The maximum atomic E-state index is 12.2. The Morgan fingerprint density at radius 1 is 0.889 bits per heavy atom. The molecule has 0 aliphatic heterocycles. The van der Waals surface area contributed by atoms with Gasteiger partial charge in [-0.1, -0.05) is 64.5 Å². The molecule has 0 spiro atoms. The first-order chi connectivity index (χ1) is 8.59. The van der Waals surface area contributed by atoms with Crippen molar-refractivity contribution in [3.63, 3.8) is 0 Å². The van der Waals surface area contributed by atoms with E-state index in [2.05, 4.69) is 15.9 Å². The van der Waals surface area contributed by atoms with E-state index in [1.165, 1.54) is 0 Å². The Kier molecular flexibility index (Phi) is 4.19. The fraction of sp³-hybridized carbons (Fsp3) is 0.143. The largest absolute Gasteiger partial charge is 0.224 e. The van der Waals surface area contributed by atoms with Crippen molar-refractivity contribution < 1.29 is 8.42 Å². The predicted molar refractivity (Wildman–Crippen MR) is 76.6 cm³/mol. The molecule has 0 bridgehead atoms. The Morgan fingerprint density at radius 3 is 1.94 bits per heavy atom. The molecule has 2 nitrogen and oxygen atoms in total. The number of hydrogen-bond donors (Lipinski definition) is 0. The van der Waals surface area contributed by atoms with Crippen LogP contribution in [-0.4, -0.2) is 14.2 Å². The third-order valence-corrected chi connectivity index (χ3v) is 5.67. The zero-order valence-electron chi connectivity index (χ0n) is 9.66. The highest BCUT2D eigenvalue weighted by molar-refractivity contribution is 9.09. The van der Waals surface area contributed by atoms with Crippen molar-refractivity contribution in [2.75, 3.05) is 5.75 Å². The minimum Gasteiger partial charge on any atom is -0.224 e. The van der Waals surface area contributed by atoms with Crippen molar-refractivity contribution in [2.24, 2.45) is 0 Å². The summed E-state index contributed by atoms with van der Waals surface area (Å²) in [5.41, 5.74) is 0.969. The summed E-state index contributed by atoms with van der Waals surface area (Å²) in [7, 11) is -3.25. The number of sulfone groups is 1. The molecule has 0 fully saturated rings. The van der Waals surface area contributed by atoms with Crippen LogP contribution in [-0.2, 0) is 9.84 Å². The Morgan fingerprint density at radius 2 is 1.39 bits per heavy atom. The van der Waals surface area contributed by atoms with Crippen LogP contribution >= 0.6 is 15.9 Å². The van der Waals surface area contributed by atoms with Gasteiger partial charge in [0.25, 0.3) is 0 Å². The van der Waals surface area contributed by atoms with E-state index >= 15 is 0 Å². The first-order valence-corrected chi connectivity index (χ1v) is 8.13. The number of hydrogen-bond acceptors (Lipinski definition) is 2. The fourth-order valence-electron chi connectivity index (χ4n) is 1.67. The maximum absolute atomic E-state index is 12.2. The van der Waals surface area contributed by atoms with E-state index in [4.69, 9.17) is 0 Å². The summed E-state index contributed by atoms with van der Waals surface area (Å²) in [4.78, 5) is 0.175. The van der Waals surface area contributed by atoms with Gasteiger partial charge in [-0.05, 0) is 17.7 Å². The zero-order chi connectivity index (χ0) is 13.0. The van der Waals surface area contributed by atoms with E-state index in [-0.39, 0.29) is 10.6 Å². The van der Waals surface area contributed by atoms with Gasteiger partial charge in [0.1, 0.15) is 0 Å². The Labute approximate surface area is 116 Å². The molecule has 0 radical (unpaired) electrons. The lowest BCUT2D eigenvalue weighted by Gasteiger charge is -2.10.